The fraction of sp³-hybridized carbons (Fsp3) is 0.105. The molecule has 0 fully saturated rings. The largest absolute Gasteiger partial charge is 0.323 e. The third kappa shape index (κ3) is 3.55. The van der Waals surface area contributed by atoms with Crippen LogP contribution in [-0.4, -0.2) is 35.4 Å². The van der Waals surface area contributed by atoms with Crippen molar-refractivity contribution in [1.82, 2.24) is 29.5 Å². The van der Waals surface area contributed by atoms with Gasteiger partial charge in [-0.15, -0.1) is 5.10 Å². The fourth-order valence-corrected chi connectivity index (χ4v) is 3.13. The zero-order valence-electron chi connectivity index (χ0n) is 15.7. The number of carbonyl (C=O) groups excluding carboxylic acids is 1. The molecule has 2 N–H and O–H groups in total. The maximum Gasteiger partial charge on any atom is 0.247 e. The van der Waals surface area contributed by atoms with Crippen LogP contribution in [0.2, 0.25) is 5.02 Å². The minimum absolute atomic E-state index is 0.263. The standard InChI is InChI=1S/C19H17ClN8O/c1-4-17(29)23-12-5-6-15-13(7-12)11(2)10-28(15)18-14(20)8-21-19(25-18)24-16-9-22-26-27(16)3/h4-10H,1H2,2-3H3,(H,23,29)(H,21,24,25). The summed E-state index contributed by atoms with van der Waals surface area (Å²) in [6.07, 6.45) is 6.28. The number of anilines is 3. The predicted octanol–water partition coefficient (Wildman–Crippen LogP) is 3.38. The topological polar surface area (TPSA) is 103 Å². The van der Waals surface area contributed by atoms with Crippen LogP contribution in [0.1, 0.15) is 5.56 Å². The molecule has 1 aromatic carbocycles. The van der Waals surface area contributed by atoms with Crippen molar-refractivity contribution in [1.29, 1.82) is 0 Å². The van der Waals surface area contributed by atoms with Crippen molar-refractivity contribution in [3.05, 3.63) is 60.0 Å². The van der Waals surface area contributed by atoms with Crippen molar-refractivity contribution in [2.45, 2.75) is 6.92 Å². The van der Waals surface area contributed by atoms with E-state index in [1.165, 1.54) is 12.3 Å². The number of halogens is 1. The first-order chi connectivity index (χ1) is 14.0. The number of aryl methyl sites for hydroxylation is 2. The average molecular weight is 409 g/mol. The van der Waals surface area contributed by atoms with E-state index in [0.29, 0.717) is 28.3 Å². The molecule has 0 aliphatic rings. The quantitative estimate of drug-likeness (QED) is 0.491. The Labute approximate surface area is 171 Å². The maximum atomic E-state index is 11.6. The van der Waals surface area contributed by atoms with Crippen LogP contribution in [-0.2, 0) is 11.8 Å². The van der Waals surface area contributed by atoms with Gasteiger partial charge in [-0.05, 0) is 36.8 Å². The minimum atomic E-state index is -0.263. The Morgan fingerprint density at radius 2 is 2.14 bits per heavy atom. The molecule has 0 bridgehead atoms. The highest BCUT2D eigenvalue weighted by Crippen LogP contribution is 2.29. The van der Waals surface area contributed by atoms with Gasteiger partial charge in [0, 0.05) is 24.3 Å². The molecule has 4 aromatic rings. The number of benzene rings is 1. The molecule has 3 aromatic heterocycles. The second kappa shape index (κ2) is 7.36. The lowest BCUT2D eigenvalue weighted by atomic mass is 10.2. The molecule has 29 heavy (non-hydrogen) atoms. The van der Waals surface area contributed by atoms with E-state index in [1.54, 1.807) is 17.9 Å². The number of nitrogens with one attached hydrogen (secondary N) is 2. The summed E-state index contributed by atoms with van der Waals surface area (Å²) in [5, 5.41) is 14.9. The number of amides is 1. The van der Waals surface area contributed by atoms with E-state index < -0.39 is 0 Å². The van der Waals surface area contributed by atoms with Gasteiger partial charge in [0.25, 0.3) is 0 Å². The van der Waals surface area contributed by atoms with Gasteiger partial charge in [-0.25, -0.2) is 9.67 Å². The van der Waals surface area contributed by atoms with Crippen LogP contribution in [0.5, 0.6) is 0 Å². The van der Waals surface area contributed by atoms with Crippen LogP contribution >= 0.6 is 11.6 Å². The molecule has 0 saturated carbocycles. The molecule has 1 amide bonds. The van der Waals surface area contributed by atoms with E-state index in [-0.39, 0.29) is 5.91 Å². The third-order valence-corrected chi connectivity index (χ3v) is 4.63. The van der Waals surface area contributed by atoms with Gasteiger partial charge < -0.3 is 10.6 Å². The normalized spacial score (nSPS) is 10.9. The summed E-state index contributed by atoms with van der Waals surface area (Å²) < 4.78 is 3.46. The lowest BCUT2D eigenvalue weighted by Crippen LogP contribution is -2.07. The first-order valence-corrected chi connectivity index (χ1v) is 9.04. The number of rotatable bonds is 5. The van der Waals surface area contributed by atoms with Gasteiger partial charge in [-0.1, -0.05) is 23.4 Å². The summed E-state index contributed by atoms with van der Waals surface area (Å²) in [7, 11) is 1.76. The van der Waals surface area contributed by atoms with Crippen LogP contribution < -0.4 is 10.6 Å². The maximum absolute atomic E-state index is 11.6. The summed E-state index contributed by atoms with van der Waals surface area (Å²) in [5.41, 5.74) is 2.59. The molecule has 9 nitrogen and oxygen atoms in total. The van der Waals surface area contributed by atoms with Gasteiger partial charge in [-0.3, -0.25) is 9.36 Å². The number of hydrogen-bond acceptors (Lipinski definition) is 6. The first kappa shape index (κ1) is 18.6. The third-order valence-electron chi connectivity index (χ3n) is 4.36. The van der Waals surface area contributed by atoms with E-state index >= 15 is 0 Å². The molecule has 0 spiro atoms. The molecular formula is C19H17ClN8O. The lowest BCUT2D eigenvalue weighted by molar-refractivity contribution is -0.111. The molecule has 0 radical (unpaired) electrons. The number of fused-ring (bicyclic) bond motifs is 1. The van der Waals surface area contributed by atoms with Crippen molar-refractivity contribution in [2.75, 3.05) is 10.6 Å². The molecule has 3 heterocycles. The zero-order chi connectivity index (χ0) is 20.5. The molecule has 0 atom stereocenters. The van der Waals surface area contributed by atoms with Crippen molar-refractivity contribution >= 4 is 45.9 Å². The highest BCUT2D eigenvalue weighted by molar-refractivity contribution is 6.32. The van der Waals surface area contributed by atoms with Crippen LogP contribution in [0.3, 0.4) is 0 Å². The number of aromatic nitrogens is 6. The second-order valence-corrected chi connectivity index (χ2v) is 6.75. The molecular weight excluding hydrogens is 392 g/mol. The van der Waals surface area contributed by atoms with Crippen LogP contribution in [0.25, 0.3) is 16.7 Å². The van der Waals surface area contributed by atoms with Crippen LogP contribution in [0, 0.1) is 6.92 Å². The van der Waals surface area contributed by atoms with Crippen molar-refractivity contribution in [2.24, 2.45) is 7.05 Å². The molecule has 0 aliphatic heterocycles. The lowest BCUT2D eigenvalue weighted by Gasteiger charge is -2.10. The molecule has 10 heteroatoms. The summed E-state index contributed by atoms with van der Waals surface area (Å²) in [6.45, 7) is 5.45. The van der Waals surface area contributed by atoms with Gasteiger partial charge in [0.1, 0.15) is 5.02 Å². The molecule has 0 unspecified atom stereocenters. The Kier molecular flexibility index (Phi) is 4.73. The van der Waals surface area contributed by atoms with Gasteiger partial charge in [-0.2, -0.15) is 4.98 Å². The van der Waals surface area contributed by atoms with E-state index in [1.807, 2.05) is 35.9 Å². The Morgan fingerprint density at radius 1 is 1.31 bits per heavy atom. The molecule has 0 aliphatic carbocycles. The summed E-state index contributed by atoms with van der Waals surface area (Å²) in [5.74, 6) is 1.28. The van der Waals surface area contributed by atoms with E-state index in [2.05, 4.69) is 37.5 Å². The Bertz CT molecular complexity index is 1240. The molecule has 146 valence electrons. The Morgan fingerprint density at radius 3 is 2.86 bits per heavy atom. The summed E-state index contributed by atoms with van der Waals surface area (Å²) in [6, 6.07) is 5.62. The van der Waals surface area contributed by atoms with Crippen molar-refractivity contribution in [3.63, 3.8) is 0 Å². The Hall–Kier alpha value is -3.72. The van der Waals surface area contributed by atoms with E-state index in [4.69, 9.17) is 11.6 Å². The van der Waals surface area contributed by atoms with Gasteiger partial charge in [0.05, 0.1) is 17.9 Å². The smallest absolute Gasteiger partial charge is 0.247 e. The average Bonchev–Trinajstić information content (AvgIpc) is 3.26. The highest BCUT2D eigenvalue weighted by Gasteiger charge is 2.14. The summed E-state index contributed by atoms with van der Waals surface area (Å²) in [4.78, 5) is 20.4. The van der Waals surface area contributed by atoms with Gasteiger partial charge in [0.15, 0.2) is 11.6 Å². The van der Waals surface area contributed by atoms with Crippen LogP contribution in [0.4, 0.5) is 17.5 Å². The predicted molar refractivity (Wildman–Crippen MR) is 112 cm³/mol. The Balaban J connectivity index is 1.76. The molecule has 4 rings (SSSR count). The van der Waals surface area contributed by atoms with Crippen molar-refractivity contribution in [3.8, 4) is 5.82 Å². The highest BCUT2D eigenvalue weighted by atomic mass is 35.5. The van der Waals surface area contributed by atoms with Crippen LogP contribution in [0.15, 0.2) is 49.4 Å². The number of hydrogen-bond donors (Lipinski definition) is 2. The first-order valence-electron chi connectivity index (χ1n) is 8.66. The second-order valence-electron chi connectivity index (χ2n) is 6.34. The van der Waals surface area contributed by atoms with E-state index in [9.17, 15) is 4.79 Å². The number of carbonyl (C=O) groups is 1. The minimum Gasteiger partial charge on any atom is -0.323 e. The van der Waals surface area contributed by atoms with Gasteiger partial charge in [0.2, 0.25) is 11.9 Å². The zero-order valence-corrected chi connectivity index (χ0v) is 16.5. The van der Waals surface area contributed by atoms with Crippen molar-refractivity contribution < 1.29 is 4.79 Å². The fourth-order valence-electron chi connectivity index (χ4n) is 2.95. The van der Waals surface area contributed by atoms with Gasteiger partial charge >= 0.3 is 0 Å². The number of nitrogens with zero attached hydrogens (tertiary/aromatic N) is 6. The summed E-state index contributed by atoms with van der Waals surface area (Å²) >= 11 is 6.40. The SMILES string of the molecule is C=CC(=O)Nc1ccc2c(c1)c(C)cn2-c1nc(Nc2cnnn2C)ncc1Cl. The van der Waals surface area contributed by atoms with E-state index in [0.717, 1.165) is 16.5 Å². The monoisotopic (exact) mass is 408 g/mol. The molecule has 0 saturated heterocycles.